The average Bonchev–Trinajstić information content (AvgIpc) is 3.05. The van der Waals surface area contributed by atoms with Crippen LogP contribution in [-0.2, 0) is 4.79 Å². The Hall–Kier alpha value is -2.60. The number of carbonyl (C=O) groups excluding carboxylic acids is 1. The molecular weight excluding hydrogens is 346 g/mol. The first-order valence-corrected chi connectivity index (χ1v) is 8.07. The summed E-state index contributed by atoms with van der Waals surface area (Å²) in [5.41, 5.74) is 1.37. The van der Waals surface area contributed by atoms with Crippen LogP contribution in [0.25, 0.3) is 0 Å². The standard InChI is InChI=1S/C18H18ClNO5/c1-10-6-14(16(22-3)8-13(10)19)20-18(21)11(2)25-12-4-5-15-17(7-12)24-9-23-15/h4-8,11H,9H2,1-3H3,(H,20,21)/t11-/m0/s1. The molecule has 2 aromatic rings. The molecular formula is C18H18ClNO5. The lowest BCUT2D eigenvalue weighted by molar-refractivity contribution is -0.122. The van der Waals surface area contributed by atoms with E-state index in [-0.39, 0.29) is 12.7 Å². The van der Waals surface area contributed by atoms with E-state index in [1.807, 2.05) is 6.92 Å². The summed E-state index contributed by atoms with van der Waals surface area (Å²) in [5.74, 6) is 1.95. The average molecular weight is 364 g/mol. The predicted octanol–water partition coefficient (Wildman–Crippen LogP) is 3.79. The minimum Gasteiger partial charge on any atom is -0.495 e. The van der Waals surface area contributed by atoms with Crippen LogP contribution in [0.5, 0.6) is 23.0 Å². The Kier molecular flexibility index (Phi) is 4.90. The molecule has 1 aliphatic rings. The number of benzene rings is 2. The molecule has 1 atom stereocenters. The molecule has 132 valence electrons. The third-order valence-electron chi connectivity index (χ3n) is 3.76. The molecule has 1 heterocycles. The van der Waals surface area contributed by atoms with E-state index in [1.165, 1.54) is 7.11 Å². The third kappa shape index (κ3) is 3.74. The van der Waals surface area contributed by atoms with Gasteiger partial charge >= 0.3 is 0 Å². The second-order valence-electron chi connectivity index (χ2n) is 5.57. The normalized spacial score (nSPS) is 13.3. The minimum absolute atomic E-state index is 0.185. The molecule has 0 spiro atoms. The van der Waals surface area contributed by atoms with Crippen molar-refractivity contribution in [3.63, 3.8) is 0 Å². The number of aryl methyl sites for hydroxylation is 1. The topological polar surface area (TPSA) is 66.0 Å². The molecule has 7 heteroatoms. The van der Waals surface area contributed by atoms with Gasteiger partial charge in [-0.2, -0.15) is 0 Å². The van der Waals surface area contributed by atoms with Crippen LogP contribution in [0.1, 0.15) is 12.5 Å². The fraction of sp³-hybridized carbons (Fsp3) is 0.278. The largest absolute Gasteiger partial charge is 0.495 e. The Labute approximate surface area is 150 Å². The zero-order chi connectivity index (χ0) is 18.0. The summed E-state index contributed by atoms with van der Waals surface area (Å²) in [4.78, 5) is 12.4. The van der Waals surface area contributed by atoms with Crippen LogP contribution in [0.4, 0.5) is 5.69 Å². The van der Waals surface area contributed by atoms with E-state index in [2.05, 4.69) is 5.32 Å². The second kappa shape index (κ2) is 7.11. The van der Waals surface area contributed by atoms with Crippen LogP contribution in [0.15, 0.2) is 30.3 Å². The molecule has 25 heavy (non-hydrogen) atoms. The molecule has 0 unspecified atom stereocenters. The van der Waals surface area contributed by atoms with E-state index in [0.717, 1.165) is 5.56 Å². The zero-order valence-corrected chi connectivity index (χ0v) is 14.8. The van der Waals surface area contributed by atoms with Gasteiger partial charge in [0.15, 0.2) is 17.6 Å². The maximum absolute atomic E-state index is 12.4. The lowest BCUT2D eigenvalue weighted by Crippen LogP contribution is -2.30. The van der Waals surface area contributed by atoms with Crippen LogP contribution in [-0.4, -0.2) is 25.9 Å². The minimum atomic E-state index is -0.721. The molecule has 0 bridgehead atoms. The van der Waals surface area contributed by atoms with Gasteiger partial charge < -0.3 is 24.3 Å². The molecule has 2 aromatic carbocycles. The second-order valence-corrected chi connectivity index (χ2v) is 5.97. The van der Waals surface area contributed by atoms with E-state index in [1.54, 1.807) is 37.3 Å². The number of halogens is 1. The highest BCUT2D eigenvalue weighted by Gasteiger charge is 2.20. The molecule has 1 amide bonds. The van der Waals surface area contributed by atoms with Crippen molar-refractivity contribution in [1.29, 1.82) is 0 Å². The summed E-state index contributed by atoms with van der Waals surface area (Å²) in [6.45, 7) is 3.70. The Morgan fingerprint density at radius 3 is 2.76 bits per heavy atom. The molecule has 0 saturated heterocycles. The van der Waals surface area contributed by atoms with E-state index >= 15 is 0 Å². The number of hydrogen-bond donors (Lipinski definition) is 1. The number of amides is 1. The van der Waals surface area contributed by atoms with Gasteiger partial charge in [0.05, 0.1) is 12.8 Å². The van der Waals surface area contributed by atoms with E-state index in [9.17, 15) is 4.79 Å². The van der Waals surface area contributed by atoms with E-state index < -0.39 is 6.10 Å². The summed E-state index contributed by atoms with van der Waals surface area (Å²) in [5, 5.41) is 3.37. The van der Waals surface area contributed by atoms with Crippen LogP contribution in [0.2, 0.25) is 5.02 Å². The van der Waals surface area contributed by atoms with E-state index in [0.29, 0.717) is 33.7 Å². The lowest BCUT2D eigenvalue weighted by Gasteiger charge is -2.17. The highest BCUT2D eigenvalue weighted by atomic mass is 35.5. The fourth-order valence-electron chi connectivity index (χ4n) is 2.37. The number of nitrogens with one attached hydrogen (secondary N) is 1. The summed E-state index contributed by atoms with van der Waals surface area (Å²) >= 11 is 6.08. The molecule has 0 fully saturated rings. The summed E-state index contributed by atoms with van der Waals surface area (Å²) in [6, 6.07) is 8.58. The van der Waals surface area contributed by atoms with Gasteiger partial charge in [0.1, 0.15) is 11.5 Å². The first kappa shape index (κ1) is 17.2. The molecule has 0 aliphatic carbocycles. The Morgan fingerprint density at radius 1 is 1.24 bits per heavy atom. The Bertz CT molecular complexity index is 808. The highest BCUT2D eigenvalue weighted by molar-refractivity contribution is 6.31. The van der Waals surface area contributed by atoms with Crippen molar-refractivity contribution in [2.75, 3.05) is 19.2 Å². The highest BCUT2D eigenvalue weighted by Crippen LogP contribution is 2.35. The molecule has 0 radical (unpaired) electrons. The van der Waals surface area contributed by atoms with Crippen molar-refractivity contribution in [2.24, 2.45) is 0 Å². The molecule has 1 aliphatic heterocycles. The monoisotopic (exact) mass is 363 g/mol. The number of methoxy groups -OCH3 is 1. The van der Waals surface area contributed by atoms with Crippen molar-refractivity contribution < 1.29 is 23.7 Å². The van der Waals surface area contributed by atoms with Crippen molar-refractivity contribution in [2.45, 2.75) is 20.0 Å². The zero-order valence-electron chi connectivity index (χ0n) is 14.1. The van der Waals surface area contributed by atoms with Gasteiger partial charge in [-0.05, 0) is 37.6 Å². The third-order valence-corrected chi connectivity index (χ3v) is 4.17. The van der Waals surface area contributed by atoms with Gasteiger partial charge in [-0.1, -0.05) is 11.6 Å². The van der Waals surface area contributed by atoms with Crippen molar-refractivity contribution >= 4 is 23.2 Å². The molecule has 0 saturated carbocycles. The number of ether oxygens (including phenoxy) is 4. The maximum Gasteiger partial charge on any atom is 0.265 e. The molecule has 3 rings (SSSR count). The maximum atomic E-state index is 12.4. The van der Waals surface area contributed by atoms with Crippen LogP contribution in [0.3, 0.4) is 0 Å². The van der Waals surface area contributed by atoms with E-state index in [4.69, 9.17) is 30.5 Å². The van der Waals surface area contributed by atoms with Crippen LogP contribution >= 0.6 is 11.6 Å². The van der Waals surface area contributed by atoms with Gasteiger partial charge in [0.25, 0.3) is 5.91 Å². The Balaban J connectivity index is 1.70. The number of fused-ring (bicyclic) bond motifs is 1. The summed E-state index contributed by atoms with van der Waals surface area (Å²) in [7, 11) is 1.52. The predicted molar refractivity (Wildman–Crippen MR) is 94.0 cm³/mol. The Morgan fingerprint density at radius 2 is 2.00 bits per heavy atom. The first-order valence-electron chi connectivity index (χ1n) is 7.69. The summed E-state index contributed by atoms with van der Waals surface area (Å²) < 4.78 is 21.5. The number of rotatable bonds is 5. The van der Waals surface area contributed by atoms with Gasteiger partial charge in [-0.15, -0.1) is 0 Å². The number of anilines is 1. The number of hydrogen-bond acceptors (Lipinski definition) is 5. The summed E-state index contributed by atoms with van der Waals surface area (Å²) in [6.07, 6.45) is -0.721. The number of carbonyl (C=O) groups is 1. The smallest absolute Gasteiger partial charge is 0.265 e. The molecule has 6 nitrogen and oxygen atoms in total. The van der Waals surface area contributed by atoms with Gasteiger partial charge in [-0.3, -0.25) is 4.79 Å². The molecule has 1 N–H and O–H groups in total. The molecule has 0 aromatic heterocycles. The van der Waals surface area contributed by atoms with Gasteiger partial charge in [-0.25, -0.2) is 0 Å². The van der Waals surface area contributed by atoms with Crippen LogP contribution in [0, 0.1) is 6.92 Å². The quantitative estimate of drug-likeness (QED) is 0.875. The van der Waals surface area contributed by atoms with Crippen LogP contribution < -0.4 is 24.3 Å². The van der Waals surface area contributed by atoms with Gasteiger partial charge in [0.2, 0.25) is 6.79 Å². The SMILES string of the molecule is COc1cc(Cl)c(C)cc1NC(=O)[C@H](C)Oc1ccc2c(c1)OCO2. The van der Waals surface area contributed by atoms with Crippen molar-refractivity contribution in [3.8, 4) is 23.0 Å². The van der Waals surface area contributed by atoms with Crippen molar-refractivity contribution in [3.05, 3.63) is 40.9 Å². The van der Waals surface area contributed by atoms with Crippen molar-refractivity contribution in [1.82, 2.24) is 0 Å². The van der Waals surface area contributed by atoms with Gasteiger partial charge in [0, 0.05) is 17.2 Å². The first-order chi connectivity index (χ1) is 12.0. The lowest BCUT2D eigenvalue weighted by atomic mass is 10.2. The fourth-order valence-corrected chi connectivity index (χ4v) is 2.53.